The highest BCUT2D eigenvalue weighted by Crippen LogP contribution is 2.21. The van der Waals surface area contributed by atoms with E-state index in [4.69, 9.17) is 5.73 Å². The van der Waals surface area contributed by atoms with Crippen LogP contribution in [0.5, 0.6) is 0 Å². The van der Waals surface area contributed by atoms with E-state index in [0.717, 1.165) is 5.56 Å². The molecule has 3 N–H and O–H groups in total. The van der Waals surface area contributed by atoms with Crippen LogP contribution in [0.3, 0.4) is 0 Å². The molecule has 1 atom stereocenters. The minimum atomic E-state index is -0.805. The van der Waals surface area contributed by atoms with E-state index in [1.54, 1.807) is 24.3 Å². The van der Waals surface area contributed by atoms with Gasteiger partial charge in [0.2, 0.25) is 5.91 Å². The maximum absolute atomic E-state index is 12.4. The number of ketones is 1. The van der Waals surface area contributed by atoms with Crippen LogP contribution in [-0.4, -0.2) is 23.6 Å². The Bertz CT molecular complexity index is 790. The van der Waals surface area contributed by atoms with Crippen LogP contribution in [0.4, 0.5) is 0 Å². The molecule has 2 rings (SSSR count). The highest BCUT2D eigenvalue weighted by atomic mass is 16.2. The summed E-state index contributed by atoms with van der Waals surface area (Å²) in [4.78, 5) is 36.4. The molecule has 26 heavy (non-hydrogen) atoms. The molecule has 5 heteroatoms. The van der Waals surface area contributed by atoms with E-state index in [2.05, 4.69) is 5.32 Å². The van der Waals surface area contributed by atoms with Gasteiger partial charge < -0.3 is 11.1 Å². The second-order valence-corrected chi connectivity index (χ2v) is 7.27. The van der Waals surface area contributed by atoms with Crippen molar-refractivity contribution in [3.05, 3.63) is 71.3 Å². The van der Waals surface area contributed by atoms with Crippen molar-refractivity contribution in [2.24, 2.45) is 11.1 Å². The summed E-state index contributed by atoms with van der Waals surface area (Å²) < 4.78 is 0. The van der Waals surface area contributed by atoms with Crippen LogP contribution in [-0.2, 0) is 11.2 Å². The van der Waals surface area contributed by atoms with Crippen LogP contribution in [0.15, 0.2) is 54.6 Å². The van der Waals surface area contributed by atoms with Crippen LogP contribution < -0.4 is 11.1 Å². The highest BCUT2D eigenvalue weighted by Gasteiger charge is 2.23. The number of Topliss-reactive ketones (excluding diaryl/α,β-unsaturated/α-hetero) is 1. The van der Waals surface area contributed by atoms with Gasteiger partial charge in [-0.25, -0.2) is 0 Å². The van der Waals surface area contributed by atoms with Crippen molar-refractivity contribution in [1.29, 1.82) is 0 Å². The number of rotatable bonds is 6. The van der Waals surface area contributed by atoms with Crippen LogP contribution in [0.1, 0.15) is 47.1 Å². The third kappa shape index (κ3) is 5.02. The van der Waals surface area contributed by atoms with Gasteiger partial charge in [-0.3, -0.25) is 14.4 Å². The van der Waals surface area contributed by atoms with Gasteiger partial charge in [-0.15, -0.1) is 0 Å². The fraction of sp³-hybridized carbons (Fsp3) is 0.286. The van der Waals surface area contributed by atoms with Crippen molar-refractivity contribution in [3.8, 4) is 0 Å². The molecule has 0 aliphatic heterocycles. The van der Waals surface area contributed by atoms with Crippen molar-refractivity contribution in [2.75, 3.05) is 0 Å². The Balaban J connectivity index is 2.09. The quantitative estimate of drug-likeness (QED) is 0.783. The van der Waals surface area contributed by atoms with Crippen LogP contribution in [0.25, 0.3) is 0 Å². The van der Waals surface area contributed by atoms with Gasteiger partial charge >= 0.3 is 0 Å². The van der Waals surface area contributed by atoms with E-state index in [0.29, 0.717) is 17.5 Å². The first-order chi connectivity index (χ1) is 12.2. The molecular weight excluding hydrogens is 328 g/mol. The zero-order valence-electron chi connectivity index (χ0n) is 15.3. The smallest absolute Gasteiger partial charge is 0.251 e. The molecule has 2 amide bonds. The standard InChI is InChI=1S/C21H24N2O3/c1-21(2,3)18(24)15-9-11-16(12-10-15)20(26)23-17(19(22)25)13-14-7-5-4-6-8-14/h4-12,17H,13H2,1-3H3,(H2,22,25)(H,23,26)/t17-/m1/s1. The molecule has 2 aromatic rings. The fourth-order valence-electron chi connectivity index (χ4n) is 2.52. The predicted molar refractivity (Wildman–Crippen MR) is 101 cm³/mol. The van der Waals surface area contributed by atoms with Gasteiger partial charge in [0.1, 0.15) is 6.04 Å². The average molecular weight is 352 g/mol. The van der Waals surface area contributed by atoms with Crippen LogP contribution in [0, 0.1) is 5.41 Å². The lowest BCUT2D eigenvalue weighted by atomic mass is 9.86. The number of primary amides is 1. The van der Waals surface area contributed by atoms with Crippen molar-refractivity contribution in [1.82, 2.24) is 5.32 Å². The maximum Gasteiger partial charge on any atom is 0.251 e. The second kappa shape index (κ2) is 7.95. The third-order valence-electron chi connectivity index (χ3n) is 4.02. The molecule has 0 aromatic heterocycles. The molecule has 0 unspecified atom stereocenters. The lowest BCUT2D eigenvalue weighted by Gasteiger charge is -2.17. The summed E-state index contributed by atoms with van der Waals surface area (Å²) in [6.07, 6.45) is 0.322. The molecule has 2 aromatic carbocycles. The molecule has 0 radical (unpaired) electrons. The van der Waals surface area contributed by atoms with Crippen LogP contribution >= 0.6 is 0 Å². The molecule has 0 saturated heterocycles. The normalized spacial score (nSPS) is 12.3. The second-order valence-electron chi connectivity index (χ2n) is 7.27. The Morgan fingerprint density at radius 1 is 0.923 bits per heavy atom. The Kier molecular flexibility index (Phi) is 5.93. The fourth-order valence-corrected chi connectivity index (χ4v) is 2.52. The zero-order chi connectivity index (χ0) is 19.3. The highest BCUT2D eigenvalue weighted by molar-refractivity contribution is 6.02. The Morgan fingerprint density at radius 3 is 1.96 bits per heavy atom. The number of nitrogens with one attached hydrogen (secondary N) is 1. The molecule has 0 fully saturated rings. The molecule has 5 nitrogen and oxygen atoms in total. The first-order valence-corrected chi connectivity index (χ1v) is 8.47. The Morgan fingerprint density at radius 2 is 1.46 bits per heavy atom. The van der Waals surface area contributed by atoms with Crippen molar-refractivity contribution in [2.45, 2.75) is 33.2 Å². The summed E-state index contributed by atoms with van der Waals surface area (Å²) in [5, 5.41) is 2.66. The van der Waals surface area contributed by atoms with Crippen molar-refractivity contribution in [3.63, 3.8) is 0 Å². The summed E-state index contributed by atoms with van der Waals surface area (Å²) >= 11 is 0. The minimum absolute atomic E-state index is 0.00329. The topological polar surface area (TPSA) is 89.3 Å². The Labute approximate surface area is 153 Å². The number of carbonyl (C=O) groups excluding carboxylic acids is 3. The summed E-state index contributed by atoms with van der Waals surface area (Å²) in [5.41, 5.74) is 6.76. The zero-order valence-corrected chi connectivity index (χ0v) is 15.3. The van der Waals surface area contributed by atoms with Crippen LogP contribution in [0.2, 0.25) is 0 Å². The van der Waals surface area contributed by atoms with E-state index in [-0.39, 0.29) is 5.78 Å². The van der Waals surface area contributed by atoms with Gasteiger partial charge in [0.05, 0.1) is 0 Å². The molecule has 136 valence electrons. The molecule has 0 aliphatic carbocycles. The molecule has 0 heterocycles. The van der Waals surface area contributed by atoms with Gasteiger partial charge in [-0.2, -0.15) is 0 Å². The molecule has 0 aliphatic rings. The van der Waals surface area contributed by atoms with Crippen molar-refractivity contribution >= 4 is 17.6 Å². The van der Waals surface area contributed by atoms with Gasteiger partial charge in [0.25, 0.3) is 5.91 Å². The molecular formula is C21H24N2O3. The molecule has 0 saturated carbocycles. The number of carbonyl (C=O) groups is 3. The van der Waals surface area contributed by atoms with E-state index >= 15 is 0 Å². The summed E-state index contributed by atoms with van der Waals surface area (Å²) in [5.74, 6) is -0.996. The van der Waals surface area contributed by atoms with Crippen molar-refractivity contribution < 1.29 is 14.4 Å². The first kappa shape index (κ1) is 19.4. The minimum Gasteiger partial charge on any atom is -0.368 e. The first-order valence-electron chi connectivity index (χ1n) is 8.47. The number of nitrogens with two attached hydrogens (primary N) is 1. The largest absolute Gasteiger partial charge is 0.368 e. The molecule has 0 bridgehead atoms. The van der Waals surface area contributed by atoms with E-state index in [1.807, 2.05) is 51.1 Å². The summed E-state index contributed by atoms with van der Waals surface area (Å²) in [7, 11) is 0. The van der Waals surface area contributed by atoms with Gasteiger partial charge in [0, 0.05) is 23.0 Å². The lowest BCUT2D eigenvalue weighted by molar-refractivity contribution is -0.119. The van der Waals surface area contributed by atoms with Gasteiger partial charge in [-0.05, 0) is 17.7 Å². The maximum atomic E-state index is 12.4. The van der Waals surface area contributed by atoms with E-state index in [1.165, 1.54) is 0 Å². The number of benzene rings is 2. The summed E-state index contributed by atoms with van der Waals surface area (Å²) in [6.45, 7) is 5.53. The number of hydrogen-bond donors (Lipinski definition) is 2. The Hall–Kier alpha value is -2.95. The summed E-state index contributed by atoms with van der Waals surface area (Å²) in [6, 6.07) is 14.9. The lowest BCUT2D eigenvalue weighted by Crippen LogP contribution is -2.45. The SMILES string of the molecule is CC(C)(C)C(=O)c1ccc(C(=O)N[C@H](Cc2ccccc2)C(N)=O)cc1. The number of hydrogen-bond acceptors (Lipinski definition) is 3. The average Bonchev–Trinajstić information content (AvgIpc) is 2.60. The third-order valence-corrected chi connectivity index (χ3v) is 4.02. The number of amides is 2. The predicted octanol–water partition coefficient (Wildman–Crippen LogP) is 2.74. The van der Waals surface area contributed by atoms with E-state index in [9.17, 15) is 14.4 Å². The molecule has 0 spiro atoms. The monoisotopic (exact) mass is 352 g/mol. The van der Waals surface area contributed by atoms with E-state index < -0.39 is 23.3 Å². The van der Waals surface area contributed by atoms with Gasteiger partial charge in [-0.1, -0.05) is 63.2 Å². The van der Waals surface area contributed by atoms with Gasteiger partial charge in [0.15, 0.2) is 5.78 Å².